The van der Waals surface area contributed by atoms with Crippen LogP contribution in [-0.4, -0.2) is 54.8 Å². The zero-order valence-electron chi connectivity index (χ0n) is 11.8. The standard InChI is InChI=1S/C13H20N2O5/c1-3-18-12(16)14-8-7-10-6-5-9-20-11(10)15(14)13(17)19-4-2/h7,11H,3-6,8-9H2,1-2H3. The molecule has 0 bridgehead atoms. The van der Waals surface area contributed by atoms with Crippen molar-refractivity contribution in [2.45, 2.75) is 32.9 Å². The van der Waals surface area contributed by atoms with Crippen molar-refractivity contribution in [2.24, 2.45) is 0 Å². The van der Waals surface area contributed by atoms with Crippen molar-refractivity contribution in [1.29, 1.82) is 0 Å². The number of hydrazine groups is 1. The van der Waals surface area contributed by atoms with Crippen LogP contribution in [0.5, 0.6) is 0 Å². The van der Waals surface area contributed by atoms with Gasteiger partial charge in [0.05, 0.1) is 19.8 Å². The Kier molecular flexibility index (Phi) is 4.84. The number of carbonyl (C=O) groups is 2. The molecule has 1 unspecified atom stereocenters. The molecule has 0 aliphatic carbocycles. The van der Waals surface area contributed by atoms with Crippen LogP contribution in [0.3, 0.4) is 0 Å². The molecule has 7 heteroatoms. The number of hydrogen-bond acceptors (Lipinski definition) is 5. The minimum Gasteiger partial charge on any atom is -0.448 e. The Balaban J connectivity index is 2.23. The molecule has 0 spiro atoms. The van der Waals surface area contributed by atoms with E-state index in [4.69, 9.17) is 14.2 Å². The molecule has 7 nitrogen and oxygen atoms in total. The topological polar surface area (TPSA) is 68.3 Å². The molecular formula is C13H20N2O5. The van der Waals surface area contributed by atoms with E-state index < -0.39 is 18.4 Å². The summed E-state index contributed by atoms with van der Waals surface area (Å²) in [5.41, 5.74) is 1.00. The summed E-state index contributed by atoms with van der Waals surface area (Å²) < 4.78 is 15.6. The van der Waals surface area contributed by atoms with Crippen molar-refractivity contribution in [3.63, 3.8) is 0 Å². The molecule has 0 saturated carbocycles. The monoisotopic (exact) mass is 284 g/mol. The predicted molar refractivity (Wildman–Crippen MR) is 69.6 cm³/mol. The lowest BCUT2D eigenvalue weighted by molar-refractivity contribution is -0.134. The van der Waals surface area contributed by atoms with Gasteiger partial charge in [0, 0.05) is 6.61 Å². The van der Waals surface area contributed by atoms with Crippen molar-refractivity contribution in [3.8, 4) is 0 Å². The number of hydrogen-bond donors (Lipinski definition) is 0. The second kappa shape index (κ2) is 6.60. The smallest absolute Gasteiger partial charge is 0.431 e. The van der Waals surface area contributed by atoms with Crippen molar-refractivity contribution in [3.05, 3.63) is 11.6 Å². The maximum atomic E-state index is 12.1. The van der Waals surface area contributed by atoms with Gasteiger partial charge in [-0.15, -0.1) is 0 Å². The SMILES string of the molecule is CCOC(=O)N1CC=C2CCCOC2N1C(=O)OCC. The third-order valence-corrected chi connectivity index (χ3v) is 3.14. The molecule has 0 aromatic carbocycles. The molecule has 1 fully saturated rings. The fourth-order valence-electron chi connectivity index (χ4n) is 2.29. The molecular weight excluding hydrogens is 264 g/mol. The first-order valence-corrected chi connectivity index (χ1v) is 6.89. The van der Waals surface area contributed by atoms with Gasteiger partial charge >= 0.3 is 12.2 Å². The van der Waals surface area contributed by atoms with Gasteiger partial charge in [0.15, 0.2) is 6.23 Å². The van der Waals surface area contributed by atoms with Gasteiger partial charge in [-0.05, 0) is 32.3 Å². The summed E-state index contributed by atoms with van der Waals surface area (Å²) in [4.78, 5) is 24.1. The van der Waals surface area contributed by atoms with Gasteiger partial charge in [0.2, 0.25) is 0 Å². The Bertz CT molecular complexity index is 410. The Labute approximate surface area is 118 Å². The summed E-state index contributed by atoms with van der Waals surface area (Å²) in [7, 11) is 0. The molecule has 2 amide bonds. The normalized spacial score (nSPS) is 21.9. The average molecular weight is 284 g/mol. The molecule has 2 heterocycles. The lowest BCUT2D eigenvalue weighted by atomic mass is 10.0. The van der Waals surface area contributed by atoms with Crippen LogP contribution in [0.4, 0.5) is 9.59 Å². The van der Waals surface area contributed by atoms with E-state index in [2.05, 4.69) is 0 Å². The number of nitrogens with zero attached hydrogens (tertiary/aromatic N) is 2. The van der Waals surface area contributed by atoms with Gasteiger partial charge in [-0.3, -0.25) is 0 Å². The molecule has 2 aliphatic rings. The van der Waals surface area contributed by atoms with E-state index in [-0.39, 0.29) is 19.8 Å². The highest BCUT2D eigenvalue weighted by atomic mass is 16.6. The Morgan fingerprint density at radius 2 is 2.00 bits per heavy atom. The summed E-state index contributed by atoms with van der Waals surface area (Å²) >= 11 is 0. The fraction of sp³-hybridized carbons (Fsp3) is 0.692. The molecule has 0 N–H and O–H groups in total. The zero-order valence-corrected chi connectivity index (χ0v) is 11.8. The first kappa shape index (κ1) is 14.6. The highest BCUT2D eigenvalue weighted by molar-refractivity contribution is 5.75. The maximum absolute atomic E-state index is 12.1. The maximum Gasteiger partial charge on any atom is 0.431 e. The molecule has 0 aromatic heterocycles. The number of ether oxygens (including phenoxy) is 3. The van der Waals surface area contributed by atoms with E-state index in [1.54, 1.807) is 13.8 Å². The second-order valence-corrected chi connectivity index (χ2v) is 4.43. The predicted octanol–water partition coefficient (Wildman–Crippen LogP) is 1.89. The largest absolute Gasteiger partial charge is 0.448 e. The van der Waals surface area contributed by atoms with Crippen LogP contribution in [-0.2, 0) is 14.2 Å². The molecule has 2 aliphatic heterocycles. The highest BCUT2D eigenvalue weighted by Gasteiger charge is 2.40. The average Bonchev–Trinajstić information content (AvgIpc) is 2.46. The van der Waals surface area contributed by atoms with Crippen molar-refractivity contribution < 1.29 is 23.8 Å². The van der Waals surface area contributed by atoms with E-state index in [1.807, 2.05) is 6.08 Å². The van der Waals surface area contributed by atoms with Crippen LogP contribution in [0.1, 0.15) is 26.7 Å². The van der Waals surface area contributed by atoms with Crippen LogP contribution in [0.25, 0.3) is 0 Å². The number of carbonyl (C=O) groups excluding carboxylic acids is 2. The third kappa shape index (κ3) is 2.87. The van der Waals surface area contributed by atoms with Gasteiger partial charge in [-0.1, -0.05) is 6.08 Å². The second-order valence-electron chi connectivity index (χ2n) is 4.43. The fourth-order valence-corrected chi connectivity index (χ4v) is 2.29. The van der Waals surface area contributed by atoms with Crippen LogP contribution in [0.15, 0.2) is 11.6 Å². The van der Waals surface area contributed by atoms with Crippen LogP contribution < -0.4 is 0 Å². The zero-order chi connectivity index (χ0) is 14.5. The third-order valence-electron chi connectivity index (χ3n) is 3.14. The highest BCUT2D eigenvalue weighted by Crippen LogP contribution is 2.28. The van der Waals surface area contributed by atoms with Gasteiger partial charge in [0.1, 0.15) is 0 Å². The van der Waals surface area contributed by atoms with Crippen molar-refractivity contribution >= 4 is 12.2 Å². The van der Waals surface area contributed by atoms with Gasteiger partial charge in [0.25, 0.3) is 0 Å². The molecule has 112 valence electrons. The molecule has 0 radical (unpaired) electrons. The van der Waals surface area contributed by atoms with E-state index >= 15 is 0 Å². The van der Waals surface area contributed by atoms with Crippen LogP contribution in [0.2, 0.25) is 0 Å². The van der Waals surface area contributed by atoms with Crippen LogP contribution in [0, 0.1) is 0 Å². The number of rotatable bonds is 2. The summed E-state index contributed by atoms with van der Waals surface area (Å²) in [6.07, 6.45) is 1.94. The van der Waals surface area contributed by atoms with Gasteiger partial charge < -0.3 is 14.2 Å². The van der Waals surface area contributed by atoms with Gasteiger partial charge in [-0.25, -0.2) is 14.6 Å². The molecule has 1 saturated heterocycles. The quantitative estimate of drug-likeness (QED) is 0.724. The first-order valence-electron chi connectivity index (χ1n) is 6.89. The minimum atomic E-state index is -0.599. The summed E-state index contributed by atoms with van der Waals surface area (Å²) in [5.74, 6) is 0. The van der Waals surface area contributed by atoms with Gasteiger partial charge in [-0.2, -0.15) is 5.01 Å². The lowest BCUT2D eigenvalue weighted by Gasteiger charge is -2.43. The number of amides is 2. The first-order chi connectivity index (χ1) is 9.69. The van der Waals surface area contributed by atoms with Crippen LogP contribution >= 0.6 is 0 Å². The molecule has 2 rings (SSSR count). The Hall–Kier alpha value is -1.76. The van der Waals surface area contributed by atoms with E-state index in [0.717, 1.165) is 18.4 Å². The summed E-state index contributed by atoms with van der Waals surface area (Å²) in [6, 6.07) is 0. The molecule has 1 atom stereocenters. The van der Waals surface area contributed by atoms with E-state index in [0.29, 0.717) is 6.61 Å². The summed E-state index contributed by atoms with van der Waals surface area (Å²) in [6.45, 7) is 4.75. The van der Waals surface area contributed by atoms with E-state index in [9.17, 15) is 9.59 Å². The summed E-state index contributed by atoms with van der Waals surface area (Å²) in [5, 5.41) is 2.44. The Morgan fingerprint density at radius 3 is 2.70 bits per heavy atom. The van der Waals surface area contributed by atoms with E-state index in [1.165, 1.54) is 10.0 Å². The van der Waals surface area contributed by atoms with Crippen molar-refractivity contribution in [2.75, 3.05) is 26.4 Å². The van der Waals surface area contributed by atoms with Crippen molar-refractivity contribution in [1.82, 2.24) is 10.0 Å². The lowest BCUT2D eigenvalue weighted by Crippen LogP contribution is -2.59. The Morgan fingerprint density at radius 1 is 1.30 bits per heavy atom. The molecule has 20 heavy (non-hydrogen) atoms. The number of fused-ring (bicyclic) bond motifs is 1. The minimum absolute atomic E-state index is 0.234. The molecule has 0 aromatic rings.